The van der Waals surface area contributed by atoms with Crippen LogP contribution in [0, 0.1) is 18.6 Å². The van der Waals surface area contributed by atoms with Gasteiger partial charge in [0, 0.05) is 29.1 Å². The summed E-state index contributed by atoms with van der Waals surface area (Å²) in [5.74, 6) is -0.285. The number of amides is 2. The van der Waals surface area contributed by atoms with Crippen molar-refractivity contribution in [3.8, 4) is 16.2 Å². The molecular formula is C35H28F2N4O3S. The summed E-state index contributed by atoms with van der Waals surface area (Å²) in [4.78, 5) is 36.8. The van der Waals surface area contributed by atoms with E-state index in [0.717, 1.165) is 21.8 Å². The zero-order valence-corrected chi connectivity index (χ0v) is 25.2. The number of pyridine rings is 1. The summed E-state index contributed by atoms with van der Waals surface area (Å²) in [5.41, 5.74) is 3.92. The number of carbonyl (C=O) groups excluding carboxylic acids is 2. The van der Waals surface area contributed by atoms with Crippen LogP contribution in [-0.2, 0) is 13.0 Å². The Morgan fingerprint density at radius 1 is 0.933 bits per heavy atom. The van der Waals surface area contributed by atoms with E-state index in [2.05, 4.69) is 10.2 Å². The number of hydrogen-bond donors (Lipinski definition) is 1. The van der Waals surface area contributed by atoms with Crippen LogP contribution in [0.1, 0.15) is 36.9 Å². The number of nitrogens with zero attached hydrogens (tertiary/aromatic N) is 3. The molecule has 0 radical (unpaired) electrons. The molecule has 0 aliphatic carbocycles. The van der Waals surface area contributed by atoms with E-state index >= 15 is 0 Å². The smallest absolute Gasteiger partial charge is 0.276 e. The number of ether oxygens (including phenoxy) is 1. The lowest BCUT2D eigenvalue weighted by Crippen LogP contribution is -2.34. The van der Waals surface area contributed by atoms with Gasteiger partial charge in [0.25, 0.3) is 11.8 Å². The highest BCUT2D eigenvalue weighted by atomic mass is 32.1. The number of hydrogen-bond acceptors (Lipinski definition) is 6. The minimum Gasteiger partial charge on any atom is -0.491 e. The molecule has 0 bridgehead atoms. The van der Waals surface area contributed by atoms with E-state index in [1.54, 1.807) is 48.2 Å². The van der Waals surface area contributed by atoms with Crippen LogP contribution in [0.3, 0.4) is 0 Å². The van der Waals surface area contributed by atoms with Crippen molar-refractivity contribution in [1.29, 1.82) is 0 Å². The van der Waals surface area contributed by atoms with Gasteiger partial charge in [0.1, 0.15) is 35.5 Å². The fourth-order valence-corrected chi connectivity index (χ4v) is 6.92. The zero-order chi connectivity index (χ0) is 31.1. The molecule has 226 valence electrons. The SMILES string of the molecule is Cc1cccc(F)c1NC(=O)c1cc2c(s1)-c1ccc(F)cc1N(C(=O)c1cccc(N3CCOc4ccccc4C3)n1)CC2. The summed E-state index contributed by atoms with van der Waals surface area (Å²) in [6, 6.07) is 23.9. The number of benzene rings is 3. The van der Waals surface area contributed by atoms with Crippen molar-refractivity contribution < 1.29 is 23.1 Å². The van der Waals surface area contributed by atoms with Crippen LogP contribution in [0.25, 0.3) is 10.4 Å². The van der Waals surface area contributed by atoms with E-state index in [1.165, 1.54) is 29.5 Å². The standard InChI is InChI=1S/C35H28F2N4O3S/c1-21-6-4-8-26(37)32(21)39-34(42)30-18-22-14-15-41(28-19-24(36)12-13-25(28)33(22)45-30)35(43)27-9-5-11-31(38-27)40-16-17-44-29-10-3-2-7-23(29)20-40/h2-13,18-19H,14-17,20H2,1H3,(H,39,42). The van der Waals surface area contributed by atoms with E-state index < -0.39 is 17.5 Å². The minimum absolute atomic E-state index is 0.136. The number of fused-ring (bicyclic) bond motifs is 4. The number of aromatic nitrogens is 1. The number of halogens is 2. The largest absolute Gasteiger partial charge is 0.491 e. The quantitative estimate of drug-likeness (QED) is 0.229. The number of anilines is 3. The van der Waals surface area contributed by atoms with Crippen LogP contribution in [0.4, 0.5) is 26.0 Å². The van der Waals surface area contributed by atoms with Gasteiger partial charge in [0.2, 0.25) is 0 Å². The minimum atomic E-state index is -0.511. The first kappa shape index (κ1) is 28.7. The number of rotatable bonds is 4. The van der Waals surface area contributed by atoms with Crippen LogP contribution in [0.5, 0.6) is 5.75 Å². The summed E-state index contributed by atoms with van der Waals surface area (Å²) < 4.78 is 35.0. The first-order valence-corrected chi connectivity index (χ1v) is 15.4. The van der Waals surface area contributed by atoms with Crippen LogP contribution in [0.2, 0.25) is 0 Å². The van der Waals surface area contributed by atoms with Crippen molar-refractivity contribution in [2.75, 3.05) is 34.8 Å². The van der Waals surface area contributed by atoms with Crippen molar-refractivity contribution >= 4 is 40.3 Å². The van der Waals surface area contributed by atoms with Crippen molar-refractivity contribution in [2.24, 2.45) is 0 Å². The second-order valence-corrected chi connectivity index (χ2v) is 12.0. The van der Waals surface area contributed by atoms with Gasteiger partial charge in [-0.3, -0.25) is 9.59 Å². The summed E-state index contributed by atoms with van der Waals surface area (Å²) in [6.45, 7) is 3.65. The van der Waals surface area contributed by atoms with Gasteiger partial charge in [-0.2, -0.15) is 0 Å². The van der Waals surface area contributed by atoms with Gasteiger partial charge >= 0.3 is 0 Å². The topological polar surface area (TPSA) is 74.8 Å². The first-order valence-electron chi connectivity index (χ1n) is 14.6. The number of para-hydroxylation sites is 2. The zero-order valence-electron chi connectivity index (χ0n) is 24.3. The number of thiophene rings is 1. The summed E-state index contributed by atoms with van der Waals surface area (Å²) in [5, 5.41) is 2.69. The van der Waals surface area contributed by atoms with E-state index in [4.69, 9.17) is 9.72 Å². The van der Waals surface area contributed by atoms with E-state index in [9.17, 15) is 18.4 Å². The molecule has 0 fully saturated rings. The highest BCUT2D eigenvalue weighted by Crippen LogP contribution is 2.42. The lowest BCUT2D eigenvalue weighted by atomic mass is 10.1. The Morgan fingerprint density at radius 3 is 2.64 bits per heavy atom. The average molecular weight is 623 g/mol. The lowest BCUT2D eigenvalue weighted by molar-refractivity contribution is 0.0981. The molecule has 5 aromatic rings. The van der Waals surface area contributed by atoms with Crippen molar-refractivity contribution in [3.05, 3.63) is 124 Å². The summed E-state index contributed by atoms with van der Waals surface area (Å²) in [6.07, 6.45) is 0.430. The maximum absolute atomic E-state index is 14.7. The predicted octanol–water partition coefficient (Wildman–Crippen LogP) is 7.25. The maximum atomic E-state index is 14.7. The molecule has 0 atom stereocenters. The van der Waals surface area contributed by atoms with Crippen LogP contribution in [-0.4, -0.2) is 36.5 Å². The Bertz CT molecular complexity index is 1940. The van der Waals surface area contributed by atoms with Crippen LogP contribution >= 0.6 is 11.3 Å². The normalized spacial score (nSPS) is 13.9. The molecule has 10 heteroatoms. The molecule has 0 unspecified atom stereocenters. The molecule has 0 saturated carbocycles. The first-order chi connectivity index (χ1) is 21.9. The molecular weight excluding hydrogens is 594 g/mol. The molecule has 2 aromatic heterocycles. The van der Waals surface area contributed by atoms with Crippen molar-refractivity contribution in [3.63, 3.8) is 0 Å². The van der Waals surface area contributed by atoms with Gasteiger partial charge in [-0.1, -0.05) is 36.4 Å². The Hall–Kier alpha value is -5.09. The molecule has 45 heavy (non-hydrogen) atoms. The van der Waals surface area contributed by atoms with Crippen LogP contribution in [0.15, 0.2) is 84.9 Å². The van der Waals surface area contributed by atoms with Gasteiger partial charge in [0.05, 0.1) is 22.8 Å². The van der Waals surface area contributed by atoms with Gasteiger partial charge in [-0.15, -0.1) is 11.3 Å². The molecule has 3 aromatic carbocycles. The maximum Gasteiger partial charge on any atom is 0.276 e. The second-order valence-electron chi connectivity index (χ2n) is 11.0. The Kier molecular flexibility index (Phi) is 7.50. The molecule has 0 spiro atoms. The number of aryl methyl sites for hydroxylation is 1. The molecule has 2 aliphatic heterocycles. The predicted molar refractivity (Wildman–Crippen MR) is 171 cm³/mol. The van der Waals surface area contributed by atoms with Gasteiger partial charge in [-0.05, 0) is 73.0 Å². The highest BCUT2D eigenvalue weighted by molar-refractivity contribution is 7.17. The third-order valence-electron chi connectivity index (χ3n) is 8.07. The van der Waals surface area contributed by atoms with Crippen molar-refractivity contribution in [2.45, 2.75) is 19.9 Å². The van der Waals surface area contributed by atoms with E-state index in [-0.39, 0.29) is 23.8 Å². The average Bonchev–Trinajstić information content (AvgIpc) is 3.26. The molecule has 0 saturated heterocycles. The second kappa shape index (κ2) is 11.8. The van der Waals surface area contributed by atoms with E-state index in [0.29, 0.717) is 53.6 Å². The number of nitrogens with one attached hydrogen (secondary N) is 1. The summed E-state index contributed by atoms with van der Waals surface area (Å²) >= 11 is 1.23. The van der Waals surface area contributed by atoms with Crippen LogP contribution < -0.4 is 19.9 Å². The van der Waals surface area contributed by atoms with Gasteiger partial charge in [0.15, 0.2) is 0 Å². The molecule has 2 amide bonds. The van der Waals surface area contributed by atoms with Gasteiger partial charge in [-0.25, -0.2) is 13.8 Å². The Labute approximate surface area is 262 Å². The Morgan fingerprint density at radius 2 is 1.78 bits per heavy atom. The monoisotopic (exact) mass is 622 g/mol. The third-order valence-corrected chi connectivity index (χ3v) is 9.28. The van der Waals surface area contributed by atoms with Crippen molar-refractivity contribution in [1.82, 2.24) is 4.98 Å². The summed E-state index contributed by atoms with van der Waals surface area (Å²) in [7, 11) is 0. The fraction of sp³-hybridized carbons (Fsp3) is 0.171. The van der Waals surface area contributed by atoms with Gasteiger partial charge < -0.3 is 19.9 Å². The highest BCUT2D eigenvalue weighted by Gasteiger charge is 2.29. The molecule has 7 nitrogen and oxygen atoms in total. The fourth-order valence-electron chi connectivity index (χ4n) is 5.78. The molecule has 1 N–H and O–H groups in total. The number of carbonyl (C=O) groups is 2. The van der Waals surface area contributed by atoms with E-state index in [1.807, 2.05) is 30.3 Å². The lowest BCUT2D eigenvalue weighted by Gasteiger charge is -2.24. The molecule has 7 rings (SSSR count). The molecule has 4 heterocycles. The third kappa shape index (κ3) is 5.53. The molecule has 2 aliphatic rings. The Balaban J connectivity index is 1.18.